The number of rotatable bonds is 4. The van der Waals surface area contributed by atoms with E-state index in [1.807, 2.05) is 55.6 Å². The van der Waals surface area contributed by atoms with E-state index >= 15 is 0 Å². The molecule has 0 radical (unpaired) electrons. The fourth-order valence-corrected chi connectivity index (χ4v) is 4.14. The lowest BCUT2D eigenvalue weighted by molar-refractivity contribution is 0.474. The standard InChI is InChI=1S/C24H26NOP/c1-17-14-19(24(2,3)4)15-22(23(17)26)27-21-13-9-8-10-18(21)16-25-20-11-6-5-7-12-20/h5-16,26-27H,1-4H3/b25-16+. The number of hydrogen-bond acceptors (Lipinski definition) is 2. The molecule has 0 amide bonds. The molecular formula is C24H26NOP. The Morgan fingerprint density at radius 1 is 0.889 bits per heavy atom. The van der Waals surface area contributed by atoms with Gasteiger partial charge >= 0.3 is 0 Å². The van der Waals surface area contributed by atoms with Crippen LogP contribution in [0.2, 0.25) is 0 Å². The summed E-state index contributed by atoms with van der Waals surface area (Å²) in [5.41, 5.74) is 4.24. The Bertz CT molecular complexity index is 956. The molecule has 0 saturated heterocycles. The first-order chi connectivity index (χ1) is 12.8. The first-order valence-electron chi connectivity index (χ1n) is 9.14. The molecule has 27 heavy (non-hydrogen) atoms. The summed E-state index contributed by atoms with van der Waals surface area (Å²) >= 11 is 0. The molecule has 1 atom stereocenters. The second kappa shape index (κ2) is 8.06. The minimum absolute atomic E-state index is 0.0476. The van der Waals surface area contributed by atoms with Gasteiger partial charge in [0.1, 0.15) is 5.75 Å². The van der Waals surface area contributed by atoms with Crippen LogP contribution in [-0.2, 0) is 5.41 Å². The largest absolute Gasteiger partial charge is 0.507 e. The first-order valence-corrected chi connectivity index (χ1v) is 10.1. The zero-order valence-electron chi connectivity index (χ0n) is 16.3. The minimum atomic E-state index is 0.0476. The van der Waals surface area contributed by atoms with E-state index in [1.165, 1.54) is 10.9 Å². The van der Waals surface area contributed by atoms with Crippen molar-refractivity contribution in [1.29, 1.82) is 0 Å². The zero-order chi connectivity index (χ0) is 19.4. The summed E-state index contributed by atoms with van der Waals surface area (Å²) in [5, 5.41) is 12.8. The Hall–Kier alpha value is -2.44. The summed E-state index contributed by atoms with van der Waals surface area (Å²) in [5.74, 6) is 0.399. The number of aromatic hydroxyl groups is 1. The lowest BCUT2D eigenvalue weighted by Crippen LogP contribution is -2.16. The second-order valence-corrected chi connectivity index (χ2v) is 9.07. The molecule has 2 nitrogen and oxygen atoms in total. The molecule has 0 aliphatic heterocycles. The number of aliphatic imine (C=N–C) groups is 1. The molecule has 3 heteroatoms. The van der Waals surface area contributed by atoms with Crippen molar-refractivity contribution < 1.29 is 5.11 Å². The van der Waals surface area contributed by atoms with E-state index in [0.29, 0.717) is 14.3 Å². The van der Waals surface area contributed by atoms with Crippen molar-refractivity contribution in [2.24, 2.45) is 4.99 Å². The van der Waals surface area contributed by atoms with Gasteiger partial charge in [0.05, 0.1) is 5.69 Å². The van der Waals surface area contributed by atoms with Crippen molar-refractivity contribution >= 4 is 31.1 Å². The molecule has 3 aromatic carbocycles. The van der Waals surface area contributed by atoms with Crippen LogP contribution in [0.4, 0.5) is 5.69 Å². The van der Waals surface area contributed by atoms with E-state index in [0.717, 1.165) is 22.1 Å². The van der Waals surface area contributed by atoms with E-state index < -0.39 is 0 Å². The van der Waals surface area contributed by atoms with Gasteiger partial charge < -0.3 is 5.11 Å². The van der Waals surface area contributed by atoms with Gasteiger partial charge in [-0.3, -0.25) is 4.99 Å². The van der Waals surface area contributed by atoms with Crippen molar-refractivity contribution in [2.75, 3.05) is 0 Å². The topological polar surface area (TPSA) is 32.6 Å². The van der Waals surface area contributed by atoms with Crippen LogP contribution in [-0.4, -0.2) is 11.3 Å². The van der Waals surface area contributed by atoms with Gasteiger partial charge in [-0.25, -0.2) is 0 Å². The van der Waals surface area contributed by atoms with Crippen LogP contribution in [0, 0.1) is 6.92 Å². The molecule has 3 aromatic rings. The van der Waals surface area contributed by atoms with Gasteiger partial charge in [0.15, 0.2) is 0 Å². The highest BCUT2D eigenvalue weighted by atomic mass is 31.1. The average Bonchev–Trinajstić information content (AvgIpc) is 2.64. The van der Waals surface area contributed by atoms with Gasteiger partial charge in [0.2, 0.25) is 0 Å². The van der Waals surface area contributed by atoms with Gasteiger partial charge in [-0.1, -0.05) is 77.9 Å². The lowest BCUT2D eigenvalue weighted by atomic mass is 9.86. The van der Waals surface area contributed by atoms with Crippen LogP contribution in [0.5, 0.6) is 5.75 Å². The summed E-state index contributed by atoms with van der Waals surface area (Å²) < 4.78 is 0. The number of para-hydroxylation sites is 1. The van der Waals surface area contributed by atoms with Gasteiger partial charge in [-0.05, 0) is 47.0 Å². The van der Waals surface area contributed by atoms with Gasteiger partial charge in [-0.2, -0.15) is 0 Å². The second-order valence-electron chi connectivity index (χ2n) is 7.75. The molecular weight excluding hydrogens is 349 g/mol. The monoisotopic (exact) mass is 375 g/mol. The molecule has 0 aliphatic carbocycles. The smallest absolute Gasteiger partial charge is 0.126 e. The molecule has 0 fully saturated rings. The van der Waals surface area contributed by atoms with Crippen molar-refractivity contribution in [1.82, 2.24) is 0 Å². The summed E-state index contributed by atoms with van der Waals surface area (Å²) in [6, 6.07) is 22.4. The highest BCUT2D eigenvalue weighted by Crippen LogP contribution is 2.30. The van der Waals surface area contributed by atoms with E-state index in [2.05, 4.69) is 50.0 Å². The summed E-state index contributed by atoms with van der Waals surface area (Å²) in [6.45, 7) is 8.58. The molecule has 1 unspecified atom stereocenters. The normalized spacial score (nSPS) is 12.3. The third kappa shape index (κ3) is 4.84. The SMILES string of the molecule is Cc1cc(C(C)(C)C)cc(Pc2ccccc2/C=N/c2ccccc2)c1O. The number of benzene rings is 3. The van der Waals surface area contributed by atoms with Crippen LogP contribution in [0.1, 0.15) is 37.5 Å². The van der Waals surface area contributed by atoms with Crippen LogP contribution < -0.4 is 10.6 Å². The third-order valence-corrected chi connectivity index (χ3v) is 5.88. The van der Waals surface area contributed by atoms with Crippen molar-refractivity contribution in [3.8, 4) is 5.75 Å². The molecule has 0 aliphatic rings. The Kier molecular flexibility index (Phi) is 5.77. The Morgan fingerprint density at radius 2 is 1.56 bits per heavy atom. The fraction of sp³-hybridized carbons (Fsp3) is 0.208. The summed E-state index contributed by atoms with van der Waals surface area (Å²) in [4.78, 5) is 4.59. The third-order valence-electron chi connectivity index (χ3n) is 4.51. The number of hydrogen-bond donors (Lipinski definition) is 1. The molecule has 0 bridgehead atoms. The Morgan fingerprint density at radius 3 is 2.26 bits per heavy atom. The fourth-order valence-electron chi connectivity index (χ4n) is 2.83. The maximum atomic E-state index is 10.6. The summed E-state index contributed by atoms with van der Waals surface area (Å²) in [7, 11) is 0.373. The van der Waals surface area contributed by atoms with Crippen molar-refractivity contribution in [3.05, 3.63) is 83.4 Å². The molecule has 1 N–H and O–H groups in total. The number of phenolic OH excluding ortho intramolecular Hbond substituents is 1. The molecule has 3 rings (SSSR count). The molecule has 0 spiro atoms. The van der Waals surface area contributed by atoms with Gasteiger partial charge in [0.25, 0.3) is 0 Å². The molecule has 0 saturated carbocycles. The van der Waals surface area contributed by atoms with Crippen molar-refractivity contribution in [3.63, 3.8) is 0 Å². The van der Waals surface area contributed by atoms with Crippen LogP contribution >= 0.6 is 8.58 Å². The number of aryl methyl sites for hydroxylation is 1. The van der Waals surface area contributed by atoms with Gasteiger partial charge in [-0.15, -0.1) is 0 Å². The average molecular weight is 375 g/mol. The maximum Gasteiger partial charge on any atom is 0.126 e. The minimum Gasteiger partial charge on any atom is -0.507 e. The Balaban J connectivity index is 1.95. The lowest BCUT2D eigenvalue weighted by Gasteiger charge is -2.22. The quantitative estimate of drug-likeness (QED) is 0.482. The maximum absolute atomic E-state index is 10.6. The van der Waals surface area contributed by atoms with Crippen LogP contribution in [0.3, 0.4) is 0 Å². The molecule has 0 heterocycles. The Labute approximate surface area is 163 Å². The highest BCUT2D eigenvalue weighted by molar-refractivity contribution is 7.56. The number of phenols is 1. The predicted octanol–water partition coefficient (Wildman–Crippen LogP) is 5.38. The van der Waals surface area contributed by atoms with Gasteiger partial charge in [0, 0.05) is 17.1 Å². The van der Waals surface area contributed by atoms with Crippen molar-refractivity contribution in [2.45, 2.75) is 33.1 Å². The number of nitrogens with zero attached hydrogens (tertiary/aromatic N) is 1. The van der Waals surface area contributed by atoms with E-state index in [9.17, 15) is 5.11 Å². The highest BCUT2D eigenvalue weighted by Gasteiger charge is 2.18. The van der Waals surface area contributed by atoms with Crippen LogP contribution in [0.25, 0.3) is 0 Å². The molecule has 0 aromatic heterocycles. The zero-order valence-corrected chi connectivity index (χ0v) is 17.3. The van der Waals surface area contributed by atoms with E-state index in [4.69, 9.17) is 0 Å². The van der Waals surface area contributed by atoms with E-state index in [1.54, 1.807) is 0 Å². The predicted molar refractivity (Wildman–Crippen MR) is 119 cm³/mol. The molecule has 138 valence electrons. The van der Waals surface area contributed by atoms with Crippen LogP contribution in [0.15, 0.2) is 71.7 Å². The van der Waals surface area contributed by atoms with E-state index in [-0.39, 0.29) is 5.41 Å². The first kappa shape index (κ1) is 19.3. The summed E-state index contributed by atoms with van der Waals surface area (Å²) in [6.07, 6.45) is 1.91.